The molecule has 0 aromatic carbocycles. The summed E-state index contributed by atoms with van der Waals surface area (Å²) in [7, 11) is 1.31. The van der Waals surface area contributed by atoms with E-state index in [1.165, 1.54) is 18.4 Å². The Hall–Kier alpha value is -0.620. The van der Waals surface area contributed by atoms with Crippen LogP contribution in [0.5, 0.6) is 0 Å². The molecule has 0 radical (unpaired) electrons. The summed E-state index contributed by atoms with van der Waals surface area (Å²) in [6.45, 7) is 0.190. The van der Waals surface area contributed by atoms with Crippen molar-refractivity contribution in [3.63, 3.8) is 0 Å². The number of carbonyl (C=O) groups excluding carboxylic acids is 1. The third kappa shape index (κ3) is 4.17. The second-order valence-electron chi connectivity index (χ2n) is 2.84. The molecule has 84 valence electrons. The lowest BCUT2D eigenvalue weighted by Gasteiger charge is -2.09. The molecule has 0 spiro atoms. The van der Waals surface area contributed by atoms with E-state index in [9.17, 15) is 4.79 Å². The number of thiophene rings is 1. The minimum absolute atomic E-state index is 0.0801. The van der Waals surface area contributed by atoms with E-state index in [-0.39, 0.29) is 19.3 Å². The molecule has 1 heterocycles. The van der Waals surface area contributed by atoms with E-state index >= 15 is 0 Å². The standard InChI is InChI=1S/C9H12ClNO3S/c1-13-9(12)5-14-4-6(11)7-2-3-8(10)15-7/h2-3,6H,4-5,11H2,1H3. The zero-order chi connectivity index (χ0) is 11.3. The fraction of sp³-hybridized carbons (Fsp3) is 0.444. The molecule has 2 N–H and O–H groups in total. The Balaban J connectivity index is 2.30. The maximum atomic E-state index is 10.7. The van der Waals surface area contributed by atoms with Crippen molar-refractivity contribution in [2.24, 2.45) is 5.73 Å². The number of halogens is 1. The molecule has 1 rings (SSSR count). The summed E-state index contributed by atoms with van der Waals surface area (Å²) in [5, 5.41) is 0. The Bertz CT molecular complexity index is 329. The van der Waals surface area contributed by atoms with Crippen LogP contribution in [0.4, 0.5) is 0 Å². The van der Waals surface area contributed by atoms with Gasteiger partial charge in [0.2, 0.25) is 0 Å². The molecule has 0 aliphatic carbocycles. The Morgan fingerprint density at radius 2 is 2.40 bits per heavy atom. The lowest BCUT2D eigenvalue weighted by molar-refractivity contribution is -0.146. The summed E-state index contributed by atoms with van der Waals surface area (Å²) in [6, 6.07) is 3.37. The van der Waals surface area contributed by atoms with E-state index in [1.807, 2.05) is 6.07 Å². The zero-order valence-electron chi connectivity index (χ0n) is 8.23. The number of nitrogens with two attached hydrogens (primary N) is 1. The van der Waals surface area contributed by atoms with Gasteiger partial charge >= 0.3 is 5.97 Å². The zero-order valence-corrected chi connectivity index (χ0v) is 9.81. The summed E-state index contributed by atoms with van der Waals surface area (Å²) < 4.78 is 10.2. The van der Waals surface area contributed by atoms with Crippen molar-refractivity contribution in [3.8, 4) is 0 Å². The van der Waals surface area contributed by atoms with Gasteiger partial charge in [-0.3, -0.25) is 0 Å². The van der Waals surface area contributed by atoms with Crippen molar-refractivity contribution in [3.05, 3.63) is 21.3 Å². The third-order valence-corrected chi connectivity index (χ3v) is 3.07. The van der Waals surface area contributed by atoms with Crippen molar-refractivity contribution in [1.29, 1.82) is 0 Å². The van der Waals surface area contributed by atoms with Crippen LogP contribution in [0.1, 0.15) is 10.9 Å². The molecule has 0 saturated carbocycles. The second-order valence-corrected chi connectivity index (χ2v) is 4.59. The van der Waals surface area contributed by atoms with Crippen LogP contribution in [-0.4, -0.2) is 26.3 Å². The maximum Gasteiger partial charge on any atom is 0.331 e. The minimum atomic E-state index is -0.411. The predicted octanol–water partition coefficient (Wildman–Crippen LogP) is 1.59. The van der Waals surface area contributed by atoms with Gasteiger partial charge < -0.3 is 15.2 Å². The SMILES string of the molecule is COC(=O)COCC(N)c1ccc(Cl)s1. The van der Waals surface area contributed by atoms with Crippen LogP contribution in [-0.2, 0) is 14.3 Å². The first-order valence-corrected chi connectivity index (χ1v) is 5.48. The number of rotatable bonds is 5. The lowest BCUT2D eigenvalue weighted by atomic mass is 10.3. The Kier molecular flexibility index (Phi) is 5.04. The number of hydrogen-bond acceptors (Lipinski definition) is 5. The third-order valence-electron chi connectivity index (χ3n) is 1.70. The minimum Gasteiger partial charge on any atom is -0.467 e. The van der Waals surface area contributed by atoms with Gasteiger partial charge in [0.25, 0.3) is 0 Å². The summed E-state index contributed by atoms with van der Waals surface area (Å²) in [5.74, 6) is -0.411. The van der Waals surface area contributed by atoms with Gasteiger partial charge in [0, 0.05) is 4.88 Å². The smallest absolute Gasteiger partial charge is 0.331 e. The predicted molar refractivity (Wildman–Crippen MR) is 59.1 cm³/mol. The first kappa shape index (κ1) is 12.4. The van der Waals surface area contributed by atoms with Gasteiger partial charge in [-0.15, -0.1) is 11.3 Å². The van der Waals surface area contributed by atoms with E-state index in [0.29, 0.717) is 4.34 Å². The molecule has 1 atom stereocenters. The molecule has 0 aliphatic rings. The van der Waals surface area contributed by atoms with E-state index in [4.69, 9.17) is 22.1 Å². The van der Waals surface area contributed by atoms with Crippen molar-refractivity contribution in [2.45, 2.75) is 6.04 Å². The molecule has 4 nitrogen and oxygen atoms in total. The number of methoxy groups -OCH3 is 1. The van der Waals surface area contributed by atoms with Crippen molar-refractivity contribution in [1.82, 2.24) is 0 Å². The van der Waals surface area contributed by atoms with Crippen LogP contribution >= 0.6 is 22.9 Å². The molecule has 6 heteroatoms. The maximum absolute atomic E-state index is 10.7. The molecule has 0 amide bonds. The van der Waals surface area contributed by atoms with E-state index in [0.717, 1.165) is 4.88 Å². The normalized spacial score (nSPS) is 12.5. The number of ether oxygens (including phenoxy) is 2. The molecule has 1 aromatic heterocycles. The molecule has 1 aromatic rings. The fourth-order valence-corrected chi connectivity index (χ4v) is 1.98. The molecule has 1 unspecified atom stereocenters. The summed E-state index contributed by atoms with van der Waals surface area (Å²) >= 11 is 7.16. The largest absolute Gasteiger partial charge is 0.467 e. The molecule has 0 aliphatic heterocycles. The molecular formula is C9H12ClNO3S. The van der Waals surface area contributed by atoms with Gasteiger partial charge in [-0.25, -0.2) is 4.79 Å². The van der Waals surface area contributed by atoms with Crippen LogP contribution < -0.4 is 5.73 Å². The van der Waals surface area contributed by atoms with Gasteiger partial charge in [0.1, 0.15) is 6.61 Å². The van der Waals surface area contributed by atoms with Gasteiger partial charge in [-0.2, -0.15) is 0 Å². The highest BCUT2D eigenvalue weighted by atomic mass is 35.5. The average Bonchev–Trinajstić information content (AvgIpc) is 2.64. The van der Waals surface area contributed by atoms with E-state index in [1.54, 1.807) is 6.07 Å². The van der Waals surface area contributed by atoms with Gasteiger partial charge in [-0.05, 0) is 12.1 Å². The molecule has 0 fully saturated rings. The van der Waals surface area contributed by atoms with Gasteiger partial charge in [-0.1, -0.05) is 11.6 Å². The summed E-state index contributed by atoms with van der Waals surface area (Å²) in [5.41, 5.74) is 5.81. The number of hydrogen-bond donors (Lipinski definition) is 1. The molecule has 15 heavy (non-hydrogen) atoms. The average molecular weight is 250 g/mol. The highest BCUT2D eigenvalue weighted by molar-refractivity contribution is 7.16. The Morgan fingerprint density at radius 1 is 1.67 bits per heavy atom. The monoisotopic (exact) mass is 249 g/mol. The lowest BCUT2D eigenvalue weighted by Crippen LogP contribution is -2.19. The van der Waals surface area contributed by atoms with Crippen molar-refractivity contribution in [2.75, 3.05) is 20.3 Å². The van der Waals surface area contributed by atoms with Gasteiger partial charge in [0.05, 0.1) is 24.1 Å². The highest BCUT2D eigenvalue weighted by Crippen LogP contribution is 2.25. The first-order chi connectivity index (χ1) is 7.13. The summed E-state index contributed by atoms with van der Waals surface area (Å²) in [6.07, 6.45) is 0. The topological polar surface area (TPSA) is 61.5 Å². The first-order valence-electron chi connectivity index (χ1n) is 4.29. The van der Waals surface area contributed by atoms with E-state index in [2.05, 4.69) is 4.74 Å². The Labute approximate surface area is 96.9 Å². The summed E-state index contributed by atoms with van der Waals surface area (Å²) in [4.78, 5) is 11.7. The van der Waals surface area contributed by atoms with Crippen LogP contribution in [0.25, 0.3) is 0 Å². The molecular weight excluding hydrogens is 238 g/mol. The van der Waals surface area contributed by atoms with Crippen LogP contribution in [0.15, 0.2) is 12.1 Å². The highest BCUT2D eigenvalue weighted by Gasteiger charge is 2.10. The molecule has 0 saturated heterocycles. The number of carbonyl (C=O) groups is 1. The van der Waals surface area contributed by atoms with Crippen molar-refractivity contribution < 1.29 is 14.3 Å². The van der Waals surface area contributed by atoms with Gasteiger partial charge in [0.15, 0.2) is 0 Å². The fourth-order valence-electron chi connectivity index (χ4n) is 0.938. The van der Waals surface area contributed by atoms with Crippen LogP contribution in [0, 0.1) is 0 Å². The van der Waals surface area contributed by atoms with Crippen LogP contribution in [0.2, 0.25) is 4.34 Å². The second kappa shape index (κ2) is 6.07. The van der Waals surface area contributed by atoms with Crippen molar-refractivity contribution >= 4 is 28.9 Å². The van der Waals surface area contributed by atoms with Crippen LogP contribution in [0.3, 0.4) is 0 Å². The van der Waals surface area contributed by atoms with E-state index < -0.39 is 5.97 Å². The molecule has 0 bridgehead atoms. The Morgan fingerprint density at radius 3 is 2.93 bits per heavy atom. The number of esters is 1. The quantitative estimate of drug-likeness (QED) is 0.805.